The number of unbranched alkanes of at least 4 members (excludes halogenated alkanes) is 2. The molecule has 0 radical (unpaired) electrons. The molecule has 0 bridgehead atoms. The average molecular weight is 814 g/mol. The van der Waals surface area contributed by atoms with Gasteiger partial charge in [-0.3, -0.25) is 18.5 Å². The molecule has 2 aliphatic rings. The fraction of sp³-hybridized carbons (Fsp3) is 0.500. The molecule has 2 atom stereocenters. The fourth-order valence-corrected chi connectivity index (χ4v) is 8.87. The molecule has 298 valence electrons. The lowest BCUT2D eigenvalue weighted by atomic mass is 9.76. The minimum atomic E-state index is -4.57. The highest BCUT2D eigenvalue weighted by molar-refractivity contribution is 7.86. The fourth-order valence-electron chi connectivity index (χ4n) is 7.36. The van der Waals surface area contributed by atoms with Gasteiger partial charge in [-0.05, 0) is 81.5 Å². The van der Waals surface area contributed by atoms with Crippen molar-refractivity contribution in [2.45, 2.75) is 79.4 Å². The van der Waals surface area contributed by atoms with Gasteiger partial charge in [0.15, 0.2) is 5.71 Å². The molecule has 2 heterocycles. The van der Waals surface area contributed by atoms with E-state index in [-0.39, 0.29) is 35.8 Å². The Balaban J connectivity index is 1.90. The van der Waals surface area contributed by atoms with E-state index in [1.54, 1.807) is 25.3 Å². The van der Waals surface area contributed by atoms with Gasteiger partial charge in [0.2, 0.25) is 5.69 Å². The molecule has 15 nitrogen and oxygen atoms in total. The maximum absolute atomic E-state index is 12.2. The summed E-state index contributed by atoms with van der Waals surface area (Å²) in [5.74, 6) is -1.40. The van der Waals surface area contributed by atoms with Crippen LogP contribution in [0.3, 0.4) is 0 Å². The van der Waals surface area contributed by atoms with Crippen LogP contribution in [0.2, 0.25) is 0 Å². The molecule has 18 heteroatoms. The monoisotopic (exact) mass is 813 g/mol. The number of carboxylic acid groups (broad SMARTS) is 1. The van der Waals surface area contributed by atoms with Crippen LogP contribution in [0.1, 0.15) is 69.9 Å². The number of nitrogens with zero attached hydrogens (tertiary/aromatic N) is 2. The van der Waals surface area contributed by atoms with E-state index in [1.165, 1.54) is 31.4 Å². The lowest BCUT2D eigenvalue weighted by Gasteiger charge is -2.30. The molecule has 0 spiro atoms. The van der Waals surface area contributed by atoms with Crippen molar-refractivity contribution in [1.82, 2.24) is 0 Å². The van der Waals surface area contributed by atoms with Crippen molar-refractivity contribution >= 4 is 53.4 Å². The zero-order valence-corrected chi connectivity index (χ0v) is 33.2. The van der Waals surface area contributed by atoms with Crippen molar-refractivity contribution in [3.63, 3.8) is 0 Å². The van der Waals surface area contributed by atoms with Crippen LogP contribution >= 0.6 is 0 Å². The second kappa shape index (κ2) is 17.1. The Bertz CT molecular complexity index is 2160. The molecular weight excluding hydrogens is 765 g/mol. The van der Waals surface area contributed by atoms with Crippen molar-refractivity contribution in [3.8, 4) is 0 Å². The lowest BCUT2D eigenvalue weighted by molar-refractivity contribution is -0.437. The molecule has 4 N–H and O–H groups in total. The summed E-state index contributed by atoms with van der Waals surface area (Å²) in [6.45, 7) is 5.01. The van der Waals surface area contributed by atoms with Crippen molar-refractivity contribution in [2.24, 2.45) is 0 Å². The van der Waals surface area contributed by atoms with E-state index in [0.717, 1.165) is 5.70 Å². The van der Waals surface area contributed by atoms with Crippen molar-refractivity contribution in [3.05, 3.63) is 71.5 Å². The van der Waals surface area contributed by atoms with E-state index < -0.39 is 52.9 Å². The van der Waals surface area contributed by atoms with Crippen LogP contribution in [-0.4, -0.2) is 107 Å². The minimum Gasteiger partial charge on any atom is -0.481 e. The van der Waals surface area contributed by atoms with Gasteiger partial charge in [0.1, 0.15) is 6.54 Å². The van der Waals surface area contributed by atoms with Crippen molar-refractivity contribution in [1.29, 1.82) is 0 Å². The number of allylic oxidation sites excluding steroid dienone is 4. The molecule has 4 rings (SSSR count). The van der Waals surface area contributed by atoms with Gasteiger partial charge in [-0.25, -0.2) is 0 Å². The molecular formula is C36H49N2O13S3+. The minimum absolute atomic E-state index is 0.0284. The van der Waals surface area contributed by atoms with Gasteiger partial charge in [0.05, 0.1) is 21.0 Å². The SMILES string of the molecule is COCCC1(C)C(=CC=CC2=[N+](CCCS(=O)(=O)O)c3ccc(S(=O)(=O)O)cc3C2(C)CCOC)N(CCCCCC(=O)O)c2ccc(S(=O)(=O)O)cc21. The lowest BCUT2D eigenvalue weighted by Crippen LogP contribution is -2.33. The largest absolute Gasteiger partial charge is 0.481 e. The van der Waals surface area contributed by atoms with Crippen LogP contribution < -0.4 is 4.90 Å². The van der Waals surface area contributed by atoms with Gasteiger partial charge in [0, 0.05) is 81.3 Å². The topological polar surface area (TPSA) is 225 Å². The van der Waals surface area contributed by atoms with E-state index in [4.69, 9.17) is 14.6 Å². The van der Waals surface area contributed by atoms with E-state index in [2.05, 4.69) is 0 Å². The number of anilines is 1. The number of ether oxygens (including phenoxy) is 2. The number of aliphatic carboxylic acids is 1. The van der Waals surface area contributed by atoms with Gasteiger partial charge in [0.25, 0.3) is 30.4 Å². The summed E-state index contributed by atoms with van der Waals surface area (Å²) < 4.78 is 114. The predicted molar refractivity (Wildman–Crippen MR) is 202 cm³/mol. The first kappa shape index (κ1) is 43.2. The van der Waals surface area contributed by atoms with Crippen LogP contribution in [0.4, 0.5) is 11.4 Å². The number of hydrogen-bond donors (Lipinski definition) is 4. The Labute approximate surface area is 317 Å². The first-order chi connectivity index (χ1) is 25.2. The summed E-state index contributed by atoms with van der Waals surface area (Å²) in [7, 11) is -10.3. The standard InChI is InChI=1S/C36H48N2O13S3/c1-35(17-21-50-3)28-24-26(53(44,45)46)13-15-30(28)37(19-7-5-6-12-34(39)40)32(35)10-8-11-33-36(2,18-22-51-4)29-25-27(54(47,48)49)14-16-31(29)38(33)20-9-23-52(41,42)43/h8,10-11,13-16,24-25H,5-7,9,12,17-23H2,1-4H3,(H3-,39,40,41,42,43,44,45,46,47,48,49)/p+1. The summed E-state index contributed by atoms with van der Waals surface area (Å²) in [5, 5.41) is 9.12. The zero-order valence-electron chi connectivity index (χ0n) is 30.8. The summed E-state index contributed by atoms with van der Waals surface area (Å²) in [4.78, 5) is 12.6. The average Bonchev–Trinajstić information content (AvgIpc) is 3.45. The van der Waals surface area contributed by atoms with Crippen LogP contribution in [-0.2, 0) is 55.5 Å². The van der Waals surface area contributed by atoms with Gasteiger partial charge in [-0.15, -0.1) is 0 Å². The molecule has 54 heavy (non-hydrogen) atoms. The van der Waals surface area contributed by atoms with Crippen LogP contribution in [0, 0.1) is 0 Å². The number of fused-ring (bicyclic) bond motifs is 2. The Kier molecular flexibility index (Phi) is 13.7. The first-order valence-electron chi connectivity index (χ1n) is 17.4. The van der Waals surface area contributed by atoms with Crippen LogP contribution in [0.15, 0.2) is 70.1 Å². The highest BCUT2D eigenvalue weighted by Gasteiger charge is 2.48. The van der Waals surface area contributed by atoms with E-state index in [1.807, 2.05) is 35.5 Å². The molecule has 0 fully saturated rings. The second-order valence-electron chi connectivity index (χ2n) is 13.9. The molecule has 2 aliphatic heterocycles. The third-order valence-electron chi connectivity index (χ3n) is 10.2. The van der Waals surface area contributed by atoms with Gasteiger partial charge in [-0.1, -0.05) is 12.5 Å². The quantitative estimate of drug-likeness (QED) is 0.0805. The molecule has 0 aromatic heterocycles. The Morgan fingerprint density at radius 3 is 1.98 bits per heavy atom. The van der Waals surface area contributed by atoms with Gasteiger partial charge >= 0.3 is 5.97 Å². The molecule has 2 aromatic carbocycles. The van der Waals surface area contributed by atoms with Crippen LogP contribution in [0.25, 0.3) is 0 Å². The zero-order chi connectivity index (χ0) is 40.1. The molecule has 0 aliphatic carbocycles. The molecule has 2 unspecified atom stereocenters. The first-order valence-corrected chi connectivity index (χ1v) is 21.9. The highest BCUT2D eigenvalue weighted by atomic mass is 32.2. The summed E-state index contributed by atoms with van der Waals surface area (Å²) in [6.07, 6.45) is 8.09. The Morgan fingerprint density at radius 2 is 1.41 bits per heavy atom. The number of rotatable bonds is 20. The summed E-state index contributed by atoms with van der Waals surface area (Å²) >= 11 is 0. The number of methoxy groups -OCH3 is 2. The maximum atomic E-state index is 12.2. The molecule has 0 amide bonds. The molecule has 2 aromatic rings. The second-order valence-corrected chi connectivity index (χ2v) is 18.3. The van der Waals surface area contributed by atoms with E-state index in [0.29, 0.717) is 73.5 Å². The van der Waals surface area contributed by atoms with E-state index >= 15 is 0 Å². The third-order valence-corrected chi connectivity index (χ3v) is 12.7. The Hall–Kier alpha value is -3.49. The number of benzene rings is 2. The number of carbonyl (C=O) groups is 1. The van der Waals surface area contributed by atoms with Crippen molar-refractivity contribution < 1.29 is 62.9 Å². The van der Waals surface area contributed by atoms with Crippen LogP contribution in [0.5, 0.6) is 0 Å². The molecule has 0 saturated carbocycles. The third kappa shape index (κ3) is 9.84. The smallest absolute Gasteiger partial charge is 0.303 e. The van der Waals surface area contributed by atoms with E-state index in [9.17, 15) is 43.7 Å². The normalized spacial score (nSPS) is 21.0. The summed E-state index contributed by atoms with van der Waals surface area (Å²) in [5.41, 5.74) is 2.24. The van der Waals surface area contributed by atoms with Gasteiger partial charge < -0.3 is 19.5 Å². The highest BCUT2D eigenvalue weighted by Crippen LogP contribution is 2.51. The van der Waals surface area contributed by atoms with Gasteiger partial charge in [-0.2, -0.15) is 29.8 Å². The van der Waals surface area contributed by atoms with Crippen molar-refractivity contribution in [2.75, 3.05) is 51.2 Å². The number of hydrogen-bond acceptors (Lipinski definition) is 10. The molecule has 0 saturated heterocycles. The predicted octanol–water partition coefficient (Wildman–Crippen LogP) is 4.75. The summed E-state index contributed by atoms with van der Waals surface area (Å²) in [6, 6.07) is 8.63. The Morgan fingerprint density at radius 1 is 0.815 bits per heavy atom. The number of carboxylic acids is 1. The maximum Gasteiger partial charge on any atom is 0.303 e.